The molecule has 1 aliphatic rings. The Morgan fingerprint density at radius 3 is 2.24 bits per heavy atom. The summed E-state index contributed by atoms with van der Waals surface area (Å²) in [4.78, 5) is 12.7. The summed E-state index contributed by atoms with van der Waals surface area (Å²) in [6.45, 7) is 1.51. The molecule has 0 aromatic heterocycles. The van der Waals surface area contributed by atoms with Crippen molar-refractivity contribution < 1.29 is 31.1 Å². The molecule has 37 heavy (non-hydrogen) atoms. The zero-order chi connectivity index (χ0) is 27.1. The number of sulfonamides is 2. The second-order valence-electron chi connectivity index (χ2n) is 8.90. The summed E-state index contributed by atoms with van der Waals surface area (Å²) in [5.74, 6) is 0.819. The van der Waals surface area contributed by atoms with Crippen molar-refractivity contribution in [3.8, 4) is 11.5 Å². The molecule has 12 heteroatoms. The number of ether oxygens (including phenoxy) is 2. The minimum absolute atomic E-state index is 0.153. The van der Waals surface area contributed by atoms with Gasteiger partial charge in [-0.1, -0.05) is 6.42 Å². The van der Waals surface area contributed by atoms with E-state index in [1.54, 1.807) is 30.3 Å². The van der Waals surface area contributed by atoms with Crippen LogP contribution in [-0.2, 0) is 31.3 Å². The number of rotatable bonds is 12. The Balaban J connectivity index is 1.50. The van der Waals surface area contributed by atoms with E-state index in [1.807, 2.05) is 0 Å². The molecule has 10 nitrogen and oxygen atoms in total. The highest BCUT2D eigenvalue weighted by molar-refractivity contribution is 7.89. The molecule has 2 aromatic rings. The molecule has 0 aliphatic carbocycles. The number of nitrogens with one attached hydrogen (secondary N) is 1. The smallest absolute Gasteiger partial charge is 0.243 e. The molecule has 0 unspecified atom stereocenters. The molecule has 0 atom stereocenters. The van der Waals surface area contributed by atoms with Gasteiger partial charge >= 0.3 is 0 Å². The second kappa shape index (κ2) is 12.7. The van der Waals surface area contributed by atoms with Crippen LogP contribution in [0.25, 0.3) is 0 Å². The van der Waals surface area contributed by atoms with Crippen molar-refractivity contribution in [3.05, 3.63) is 48.0 Å². The topological polar surface area (TPSA) is 122 Å². The van der Waals surface area contributed by atoms with E-state index in [1.165, 1.54) is 37.6 Å². The molecule has 0 radical (unpaired) electrons. The summed E-state index contributed by atoms with van der Waals surface area (Å²) in [5, 5.41) is 2.77. The van der Waals surface area contributed by atoms with E-state index < -0.39 is 20.0 Å². The number of carbonyl (C=O) groups excluding carboxylic acids is 1. The number of carbonyl (C=O) groups is 1. The van der Waals surface area contributed by atoms with E-state index in [4.69, 9.17) is 9.47 Å². The number of methoxy groups -OCH3 is 1. The van der Waals surface area contributed by atoms with Gasteiger partial charge in [0.25, 0.3) is 0 Å². The molecule has 1 aliphatic heterocycles. The SMILES string of the molecule is COc1ccc(S(=O)(=O)N2CCCCC2)cc1CCC(=O)NCCOc1ccc(S(=O)(=O)N(C)C)cc1. The maximum Gasteiger partial charge on any atom is 0.243 e. The summed E-state index contributed by atoms with van der Waals surface area (Å²) in [7, 11) is -2.65. The third-order valence-corrected chi connectivity index (χ3v) is 9.85. The van der Waals surface area contributed by atoms with Crippen LogP contribution in [0.1, 0.15) is 31.2 Å². The van der Waals surface area contributed by atoms with Crippen molar-refractivity contribution in [3.63, 3.8) is 0 Å². The molecular weight excluding hydrogens is 518 g/mol. The van der Waals surface area contributed by atoms with Crippen molar-refractivity contribution >= 4 is 26.0 Å². The second-order valence-corrected chi connectivity index (χ2v) is 13.0. The van der Waals surface area contributed by atoms with E-state index in [9.17, 15) is 21.6 Å². The maximum absolute atomic E-state index is 13.0. The van der Waals surface area contributed by atoms with Gasteiger partial charge < -0.3 is 14.8 Å². The monoisotopic (exact) mass is 553 g/mol. The van der Waals surface area contributed by atoms with Gasteiger partial charge in [0.05, 0.1) is 23.4 Å². The van der Waals surface area contributed by atoms with Gasteiger partial charge in [-0.25, -0.2) is 21.1 Å². The first-order chi connectivity index (χ1) is 17.6. The first-order valence-corrected chi connectivity index (χ1v) is 15.0. The first-order valence-electron chi connectivity index (χ1n) is 12.1. The number of piperidine rings is 1. The van der Waals surface area contributed by atoms with Crippen LogP contribution in [0.4, 0.5) is 0 Å². The van der Waals surface area contributed by atoms with Crippen LogP contribution in [0.3, 0.4) is 0 Å². The molecule has 204 valence electrons. The zero-order valence-corrected chi connectivity index (χ0v) is 23.1. The summed E-state index contributed by atoms with van der Waals surface area (Å²) < 4.78 is 63.9. The summed E-state index contributed by atoms with van der Waals surface area (Å²) in [5.41, 5.74) is 0.653. The van der Waals surface area contributed by atoms with Crippen LogP contribution in [0.5, 0.6) is 11.5 Å². The van der Waals surface area contributed by atoms with Crippen molar-refractivity contribution in [2.24, 2.45) is 0 Å². The van der Waals surface area contributed by atoms with Gasteiger partial charge in [0.2, 0.25) is 26.0 Å². The quantitative estimate of drug-likeness (QED) is 0.400. The molecular formula is C25H35N3O7S2. The Labute approximate surface area is 219 Å². The zero-order valence-electron chi connectivity index (χ0n) is 21.5. The molecule has 0 bridgehead atoms. The molecule has 1 heterocycles. The molecule has 1 saturated heterocycles. The van der Waals surface area contributed by atoms with E-state index in [-0.39, 0.29) is 35.3 Å². The van der Waals surface area contributed by atoms with Crippen molar-refractivity contribution in [1.29, 1.82) is 0 Å². The Morgan fingerprint density at radius 1 is 0.973 bits per heavy atom. The first kappa shape index (κ1) is 28.9. The minimum Gasteiger partial charge on any atom is -0.496 e. The lowest BCUT2D eigenvalue weighted by Crippen LogP contribution is -2.35. The standard InChI is InChI=1S/C25H35N3O7S2/c1-27(2)36(30,31)22-10-8-21(9-11-22)35-18-15-26-25(29)14-7-20-19-23(12-13-24(20)34-3)37(32,33)28-16-5-4-6-17-28/h8-13,19H,4-7,14-18H2,1-3H3,(H,26,29). The number of nitrogens with zero attached hydrogens (tertiary/aromatic N) is 2. The predicted octanol–water partition coefficient (Wildman–Crippen LogP) is 2.25. The molecule has 1 fully saturated rings. The Hall–Kier alpha value is -2.67. The molecule has 3 rings (SSSR count). The third kappa shape index (κ3) is 7.44. The molecule has 0 spiro atoms. The van der Waals surface area contributed by atoms with Crippen molar-refractivity contribution in [2.45, 2.75) is 41.9 Å². The highest BCUT2D eigenvalue weighted by Crippen LogP contribution is 2.27. The number of aryl methyl sites for hydroxylation is 1. The average molecular weight is 554 g/mol. The fourth-order valence-corrected chi connectivity index (χ4v) is 6.45. The molecule has 2 aromatic carbocycles. The maximum atomic E-state index is 13.0. The molecule has 1 N–H and O–H groups in total. The fourth-order valence-electron chi connectivity index (χ4n) is 3.98. The van der Waals surface area contributed by atoms with Crippen LogP contribution < -0.4 is 14.8 Å². The van der Waals surface area contributed by atoms with Crippen LogP contribution in [0.15, 0.2) is 52.3 Å². The number of amides is 1. The largest absolute Gasteiger partial charge is 0.496 e. The van der Waals surface area contributed by atoms with Gasteiger partial charge in [-0.05, 0) is 67.3 Å². The van der Waals surface area contributed by atoms with Gasteiger partial charge in [0.15, 0.2) is 0 Å². The summed E-state index contributed by atoms with van der Waals surface area (Å²) in [6.07, 6.45) is 3.22. The van der Waals surface area contributed by atoms with E-state index in [0.717, 1.165) is 23.6 Å². The van der Waals surface area contributed by atoms with Crippen LogP contribution in [0.2, 0.25) is 0 Å². The Kier molecular flexibility index (Phi) is 9.93. The van der Waals surface area contributed by atoms with E-state index in [2.05, 4.69) is 5.32 Å². The minimum atomic E-state index is -3.58. The summed E-state index contributed by atoms with van der Waals surface area (Å²) >= 11 is 0. The third-order valence-electron chi connectivity index (χ3n) is 6.12. The average Bonchev–Trinajstić information content (AvgIpc) is 2.90. The number of hydrogen-bond acceptors (Lipinski definition) is 7. The van der Waals surface area contributed by atoms with Gasteiger partial charge in [0, 0.05) is 33.6 Å². The lowest BCUT2D eigenvalue weighted by atomic mass is 10.1. The highest BCUT2D eigenvalue weighted by atomic mass is 32.2. The molecule has 1 amide bonds. The Bertz CT molecular complexity index is 1270. The van der Waals surface area contributed by atoms with Crippen LogP contribution >= 0.6 is 0 Å². The van der Waals surface area contributed by atoms with E-state index in [0.29, 0.717) is 36.6 Å². The van der Waals surface area contributed by atoms with Gasteiger partial charge in [-0.15, -0.1) is 0 Å². The number of hydrogen-bond donors (Lipinski definition) is 1. The van der Waals surface area contributed by atoms with Crippen LogP contribution in [0, 0.1) is 0 Å². The molecule has 0 saturated carbocycles. The fraction of sp³-hybridized carbons (Fsp3) is 0.480. The van der Waals surface area contributed by atoms with Gasteiger partial charge in [-0.2, -0.15) is 4.31 Å². The summed E-state index contributed by atoms with van der Waals surface area (Å²) in [6, 6.07) is 10.8. The van der Waals surface area contributed by atoms with Crippen molar-refractivity contribution in [2.75, 3.05) is 47.4 Å². The van der Waals surface area contributed by atoms with Gasteiger partial charge in [-0.3, -0.25) is 4.79 Å². The highest BCUT2D eigenvalue weighted by Gasteiger charge is 2.26. The Morgan fingerprint density at radius 2 is 1.62 bits per heavy atom. The lowest BCUT2D eigenvalue weighted by Gasteiger charge is -2.26. The number of benzene rings is 2. The normalized spacial score (nSPS) is 14.9. The predicted molar refractivity (Wildman–Crippen MR) is 140 cm³/mol. The van der Waals surface area contributed by atoms with Crippen LogP contribution in [-0.4, -0.2) is 78.8 Å². The van der Waals surface area contributed by atoms with Gasteiger partial charge in [0.1, 0.15) is 18.1 Å². The van der Waals surface area contributed by atoms with Crippen molar-refractivity contribution in [1.82, 2.24) is 13.9 Å². The lowest BCUT2D eigenvalue weighted by molar-refractivity contribution is -0.121. The van der Waals surface area contributed by atoms with E-state index >= 15 is 0 Å².